The van der Waals surface area contributed by atoms with Crippen molar-refractivity contribution in [1.29, 1.82) is 0 Å². The Morgan fingerprint density at radius 3 is 1.63 bits per heavy atom. The zero-order valence-electron chi connectivity index (χ0n) is 58.5. The summed E-state index contributed by atoms with van der Waals surface area (Å²) in [5.41, 5.74) is -1.19. The Hall–Kier alpha value is -2.74. The van der Waals surface area contributed by atoms with E-state index in [1.807, 2.05) is 13.8 Å². The number of carbonyl (C=O) groups is 2. The molecule has 37 unspecified atom stereocenters. The minimum absolute atomic E-state index is 0.0516. The second-order valence-electron chi connectivity index (χ2n) is 31.0. The second kappa shape index (κ2) is 31.1. The topological polar surface area (TPSA) is 485 Å². The van der Waals surface area contributed by atoms with Crippen molar-refractivity contribution in [2.45, 2.75) is 296 Å². The molecule has 37 atom stereocenters. The number of esters is 2. The van der Waals surface area contributed by atoms with Crippen LogP contribution in [0.25, 0.3) is 0 Å². The lowest BCUT2D eigenvalue weighted by Gasteiger charge is -2.64. The van der Waals surface area contributed by atoms with E-state index in [-0.39, 0.29) is 29.1 Å². The van der Waals surface area contributed by atoms with E-state index in [0.717, 1.165) is 18.4 Å². The van der Waals surface area contributed by atoms with Crippen LogP contribution in [0.1, 0.15) is 106 Å². The number of fused-ring (bicyclic) bond motifs is 4. The Morgan fingerprint density at radius 2 is 1.06 bits per heavy atom. The molecule has 15 N–H and O–H groups in total. The fourth-order valence-electron chi connectivity index (χ4n) is 19.4. The molecule has 4 aliphatic carbocycles. The largest absolute Gasteiger partial charge is 0.462 e. The highest BCUT2D eigenvalue weighted by Gasteiger charge is 2.77. The molecule has 7 saturated heterocycles. The number of allylic oxidation sites excluding steroid dienone is 2. The van der Waals surface area contributed by atoms with E-state index < -0.39 is 252 Å². The van der Waals surface area contributed by atoms with Crippen molar-refractivity contribution in [2.75, 3.05) is 53.9 Å². The van der Waals surface area contributed by atoms with Crippen molar-refractivity contribution in [3.05, 3.63) is 23.8 Å². The number of rotatable bonds is 23. The van der Waals surface area contributed by atoms with E-state index in [0.29, 0.717) is 44.9 Å². The van der Waals surface area contributed by atoms with Crippen LogP contribution >= 0.6 is 0 Å². The van der Waals surface area contributed by atoms with Gasteiger partial charge in [0.15, 0.2) is 37.7 Å². The molecule has 3 saturated carbocycles. The van der Waals surface area contributed by atoms with Crippen LogP contribution in [-0.2, 0) is 85.4 Å². The van der Waals surface area contributed by atoms with Crippen LogP contribution in [0, 0.1) is 39.4 Å². The highest BCUT2D eigenvalue weighted by atomic mass is 16.8. The molecule has 101 heavy (non-hydrogen) atoms. The van der Waals surface area contributed by atoms with E-state index in [1.54, 1.807) is 0 Å². The van der Waals surface area contributed by atoms with Crippen molar-refractivity contribution < 1.29 is 162 Å². The predicted molar refractivity (Wildman–Crippen MR) is 337 cm³/mol. The molecule has 33 heteroatoms. The van der Waals surface area contributed by atoms with Crippen LogP contribution in [0.3, 0.4) is 0 Å². The van der Waals surface area contributed by atoms with Crippen molar-refractivity contribution in [2.24, 2.45) is 39.4 Å². The summed E-state index contributed by atoms with van der Waals surface area (Å²) in [6, 6.07) is 0. The second-order valence-corrected chi connectivity index (χ2v) is 31.0. The summed E-state index contributed by atoms with van der Waals surface area (Å²) in [6.45, 7) is 13.5. The summed E-state index contributed by atoms with van der Waals surface area (Å²) in [5.74, 6) is -0.783. The van der Waals surface area contributed by atoms with Gasteiger partial charge in [0.2, 0.25) is 0 Å². The number of cyclic esters (lactones) is 1. The molecule has 0 aromatic rings. The van der Waals surface area contributed by atoms with Crippen molar-refractivity contribution in [3.63, 3.8) is 0 Å². The zero-order chi connectivity index (χ0) is 73.5. The van der Waals surface area contributed by atoms with Crippen LogP contribution in [0.15, 0.2) is 23.8 Å². The Kier molecular flexibility index (Phi) is 24.4. The van der Waals surface area contributed by atoms with Crippen LogP contribution < -0.4 is 0 Å². The van der Waals surface area contributed by atoms with Gasteiger partial charge in [0.05, 0.1) is 51.2 Å². The van der Waals surface area contributed by atoms with Gasteiger partial charge in [0.1, 0.15) is 146 Å². The molecule has 578 valence electrons. The molecule has 11 rings (SSSR count). The molecule has 0 amide bonds. The molecule has 0 aromatic heterocycles. The molecule has 0 aromatic carbocycles. The highest BCUT2D eigenvalue weighted by molar-refractivity contribution is 5.83. The molecule has 1 spiro atoms. The lowest BCUT2D eigenvalue weighted by atomic mass is 9.41. The van der Waals surface area contributed by atoms with Gasteiger partial charge in [-0.05, 0) is 81.5 Å². The maximum atomic E-state index is 14.8. The van der Waals surface area contributed by atoms with Gasteiger partial charge in [-0.2, -0.15) is 0 Å². The highest BCUT2D eigenvalue weighted by Crippen LogP contribution is 2.76. The van der Waals surface area contributed by atoms with Crippen molar-refractivity contribution in [1.82, 2.24) is 0 Å². The maximum Gasteiger partial charge on any atom is 0.313 e. The molecule has 0 radical (unpaired) electrons. The third kappa shape index (κ3) is 14.2. The fraction of sp³-hybridized carbons (Fsp3) is 0.912. The van der Waals surface area contributed by atoms with Crippen LogP contribution in [-0.4, -0.2) is 332 Å². The van der Waals surface area contributed by atoms with Crippen LogP contribution in [0.5, 0.6) is 0 Å². The first kappa shape index (κ1) is 79.3. The standard InChI is InChI=1S/C68H108O33/c1-27(2)19-29(90-28(3)73)20-67(8)39-14-17-66(7)31-11-12-38-64(4,5)40(15-16-65(38,6)30(31)13-18-68(39,66)63(85)101-67)96-62-56(44(78)37(26-89-62)95-59-50(84)55(43(77)35(23-71)91-59)99-61-49(83)54(87-10)42(76)34(22-70)93-61)100-58-46(80)45(79)52(36(24-72)94-58)98-57-47(81)51(32(74)25-88-57)97-60-48(82)53(86-9)41(75)33(21-69)92-60/h11,29-30,32-62,69-72,74-84H,1,12-26H2,2-10H3. The predicted octanol–water partition coefficient (Wildman–Crippen LogP) is -3.93. The van der Waals surface area contributed by atoms with Gasteiger partial charge in [0, 0.05) is 45.3 Å². The summed E-state index contributed by atoms with van der Waals surface area (Å²) >= 11 is 0. The van der Waals surface area contributed by atoms with Crippen molar-refractivity contribution in [3.8, 4) is 0 Å². The van der Waals surface area contributed by atoms with E-state index in [1.165, 1.54) is 26.7 Å². The van der Waals surface area contributed by atoms with Crippen LogP contribution in [0.4, 0.5) is 0 Å². The maximum absolute atomic E-state index is 14.8. The molecule has 33 nitrogen and oxygen atoms in total. The summed E-state index contributed by atoms with van der Waals surface area (Å²) < 4.78 is 95.6. The number of methoxy groups -OCH3 is 2. The van der Waals surface area contributed by atoms with Gasteiger partial charge in [-0.25, -0.2) is 0 Å². The van der Waals surface area contributed by atoms with Gasteiger partial charge in [-0.15, -0.1) is 6.58 Å². The number of carbonyl (C=O) groups excluding carboxylic acids is 2. The van der Waals surface area contributed by atoms with E-state index >= 15 is 0 Å². The lowest BCUT2D eigenvalue weighted by Crippen LogP contribution is -2.67. The first-order valence-corrected chi connectivity index (χ1v) is 35.2. The molecule has 11 aliphatic rings. The third-order valence-corrected chi connectivity index (χ3v) is 24.6. The zero-order valence-corrected chi connectivity index (χ0v) is 58.5. The molecular formula is C68H108O33. The molecule has 7 aliphatic heterocycles. The monoisotopic (exact) mass is 1450 g/mol. The molecule has 0 bridgehead atoms. The van der Waals surface area contributed by atoms with E-state index in [4.69, 9.17) is 75.8 Å². The summed E-state index contributed by atoms with van der Waals surface area (Å²) in [7, 11) is 2.37. The Morgan fingerprint density at radius 1 is 0.545 bits per heavy atom. The number of aliphatic hydroxyl groups is 15. The van der Waals surface area contributed by atoms with Crippen LogP contribution in [0.2, 0.25) is 0 Å². The number of aliphatic hydroxyl groups excluding tert-OH is 15. The smallest absolute Gasteiger partial charge is 0.313 e. The van der Waals surface area contributed by atoms with Crippen molar-refractivity contribution >= 4 is 11.9 Å². The Balaban J connectivity index is 0.836. The van der Waals surface area contributed by atoms with Gasteiger partial charge < -0.3 is 152 Å². The minimum Gasteiger partial charge on any atom is -0.462 e. The summed E-state index contributed by atoms with van der Waals surface area (Å²) in [6.07, 6.45) is -41.7. The normalized spacial score (nSPS) is 50.8. The van der Waals surface area contributed by atoms with Gasteiger partial charge in [-0.3, -0.25) is 9.59 Å². The minimum atomic E-state index is -2.13. The Bertz CT molecular complexity index is 2860. The lowest BCUT2D eigenvalue weighted by molar-refractivity contribution is -0.396. The average Bonchev–Trinajstić information content (AvgIpc) is 1.53. The first-order valence-electron chi connectivity index (χ1n) is 35.2. The Labute approximate surface area is 585 Å². The molecule has 7 heterocycles. The fourth-order valence-corrected chi connectivity index (χ4v) is 19.4. The number of ether oxygens (including phenoxy) is 16. The van der Waals surface area contributed by atoms with Gasteiger partial charge in [0.25, 0.3) is 0 Å². The quantitative estimate of drug-likeness (QED) is 0.0343. The third-order valence-electron chi connectivity index (χ3n) is 24.6. The first-order chi connectivity index (χ1) is 47.7. The van der Waals surface area contributed by atoms with E-state index in [9.17, 15) is 86.2 Å². The summed E-state index contributed by atoms with van der Waals surface area (Å²) in [4.78, 5) is 27.1. The average molecular weight is 1450 g/mol. The van der Waals surface area contributed by atoms with E-state index in [2.05, 4.69) is 40.3 Å². The summed E-state index contributed by atoms with van der Waals surface area (Å²) in [5, 5.41) is 167. The molecular weight excluding hydrogens is 1340 g/mol. The number of hydrogen-bond acceptors (Lipinski definition) is 33. The van der Waals surface area contributed by atoms with Gasteiger partial charge in [-0.1, -0.05) is 44.9 Å². The van der Waals surface area contributed by atoms with Gasteiger partial charge >= 0.3 is 11.9 Å². The SMILES string of the molecule is C=C(C)CC(CC1(C)OC(=O)C23CCC4C(=CCC5C(C)(C)C(OC6OCC(OC7OC(CO)C(O)C(OC8OC(CO)C(O)C(OC)C8O)C7O)C(O)C6OC6OC(CO)C(OC7OCC(O)C(OC8OC(CO)C(O)C(OC)C8O)C7O)C(O)C6O)CCC45C)C2(C)CCC13)OC(C)=O. The molecule has 10 fully saturated rings. The number of hydrogen-bond donors (Lipinski definition) is 15.